The van der Waals surface area contributed by atoms with E-state index in [-0.39, 0.29) is 6.10 Å². The minimum absolute atomic E-state index is 0.0254. The third-order valence-electron chi connectivity index (χ3n) is 4.20. The van der Waals surface area contributed by atoms with Crippen LogP contribution in [0.25, 0.3) is 0 Å². The summed E-state index contributed by atoms with van der Waals surface area (Å²) in [6.45, 7) is 3.24. The van der Waals surface area contributed by atoms with E-state index in [2.05, 4.69) is 22.4 Å². The molecule has 1 unspecified atom stereocenters. The van der Waals surface area contributed by atoms with Crippen LogP contribution in [0, 0.1) is 0 Å². The van der Waals surface area contributed by atoms with Gasteiger partial charge in [-0.05, 0) is 12.0 Å². The molecule has 6 heteroatoms. The molecule has 0 bridgehead atoms. The summed E-state index contributed by atoms with van der Waals surface area (Å²) in [5.41, 5.74) is 7.19. The Balaban J connectivity index is 1.38. The molecule has 0 saturated carbocycles. The maximum atomic E-state index is 6.02. The van der Waals surface area contributed by atoms with Gasteiger partial charge >= 0.3 is 0 Å². The standard InChI is InChI=1S/C17H25N3O3/c18-16(19-9-6-14-4-2-1-3-5-14)20-12-15-13-22-17(23-15)7-10-21-11-8-17/h1-5,15H,6-13H2,(H3,18,19,20). The second kappa shape index (κ2) is 7.77. The zero-order valence-corrected chi connectivity index (χ0v) is 13.4. The predicted molar refractivity (Wildman–Crippen MR) is 88.2 cm³/mol. The Labute approximate surface area is 137 Å². The van der Waals surface area contributed by atoms with Crippen LogP contribution in [0.2, 0.25) is 0 Å². The van der Waals surface area contributed by atoms with Crippen molar-refractivity contribution in [1.29, 1.82) is 0 Å². The van der Waals surface area contributed by atoms with E-state index in [1.54, 1.807) is 0 Å². The quantitative estimate of drug-likeness (QED) is 0.627. The van der Waals surface area contributed by atoms with E-state index in [0.29, 0.717) is 32.3 Å². The summed E-state index contributed by atoms with van der Waals surface area (Å²) >= 11 is 0. The maximum Gasteiger partial charge on any atom is 0.188 e. The first-order valence-corrected chi connectivity index (χ1v) is 8.23. The molecule has 3 N–H and O–H groups in total. The number of rotatable bonds is 5. The first kappa shape index (κ1) is 16.2. The lowest BCUT2D eigenvalue weighted by Crippen LogP contribution is -2.38. The maximum absolute atomic E-state index is 6.02. The molecule has 0 amide bonds. The highest BCUT2D eigenvalue weighted by atomic mass is 16.7. The minimum Gasteiger partial charge on any atom is -0.381 e. The van der Waals surface area contributed by atoms with Gasteiger partial charge < -0.3 is 25.3 Å². The van der Waals surface area contributed by atoms with E-state index in [4.69, 9.17) is 19.9 Å². The van der Waals surface area contributed by atoms with Gasteiger partial charge in [0.1, 0.15) is 6.10 Å². The lowest BCUT2D eigenvalue weighted by Gasteiger charge is -2.31. The fourth-order valence-electron chi connectivity index (χ4n) is 2.89. The van der Waals surface area contributed by atoms with Gasteiger partial charge in [0.05, 0.1) is 26.4 Å². The molecule has 23 heavy (non-hydrogen) atoms. The molecule has 6 nitrogen and oxygen atoms in total. The van der Waals surface area contributed by atoms with Crippen LogP contribution in [0.15, 0.2) is 35.3 Å². The average Bonchev–Trinajstić information content (AvgIpc) is 2.97. The molecule has 2 fully saturated rings. The third kappa shape index (κ3) is 4.67. The summed E-state index contributed by atoms with van der Waals surface area (Å²) in [7, 11) is 0. The predicted octanol–water partition coefficient (Wildman–Crippen LogP) is 1.06. The van der Waals surface area contributed by atoms with E-state index in [0.717, 1.165) is 25.8 Å². The number of nitrogens with one attached hydrogen (secondary N) is 1. The van der Waals surface area contributed by atoms with Gasteiger partial charge in [-0.15, -0.1) is 0 Å². The molecule has 0 aliphatic carbocycles. The van der Waals surface area contributed by atoms with E-state index in [9.17, 15) is 0 Å². The molecule has 3 rings (SSSR count). The molecule has 1 aromatic rings. The summed E-state index contributed by atoms with van der Waals surface area (Å²) in [6.07, 6.45) is 2.47. The van der Waals surface area contributed by atoms with Gasteiger partial charge in [-0.3, -0.25) is 4.99 Å². The number of benzene rings is 1. The fraction of sp³-hybridized carbons (Fsp3) is 0.588. The number of nitrogens with two attached hydrogens (primary N) is 1. The molecular weight excluding hydrogens is 294 g/mol. The number of nitrogens with zero attached hydrogens (tertiary/aromatic N) is 1. The second-order valence-corrected chi connectivity index (χ2v) is 5.96. The summed E-state index contributed by atoms with van der Waals surface area (Å²) < 4.78 is 17.2. The van der Waals surface area contributed by atoms with Crippen molar-refractivity contribution < 1.29 is 14.2 Å². The van der Waals surface area contributed by atoms with Crippen LogP contribution in [0.1, 0.15) is 18.4 Å². The van der Waals surface area contributed by atoms with Crippen molar-refractivity contribution >= 4 is 5.96 Å². The number of hydrogen-bond acceptors (Lipinski definition) is 4. The van der Waals surface area contributed by atoms with Crippen molar-refractivity contribution in [2.75, 3.05) is 32.9 Å². The Hall–Kier alpha value is -1.63. The van der Waals surface area contributed by atoms with E-state index in [1.807, 2.05) is 18.2 Å². The number of ether oxygens (including phenoxy) is 3. The Morgan fingerprint density at radius 3 is 2.83 bits per heavy atom. The van der Waals surface area contributed by atoms with E-state index < -0.39 is 5.79 Å². The van der Waals surface area contributed by atoms with E-state index >= 15 is 0 Å². The summed E-state index contributed by atoms with van der Waals surface area (Å²) in [6, 6.07) is 10.3. The Kier molecular flexibility index (Phi) is 5.48. The van der Waals surface area contributed by atoms with Crippen LogP contribution in [0.5, 0.6) is 0 Å². The average molecular weight is 319 g/mol. The largest absolute Gasteiger partial charge is 0.381 e. The smallest absolute Gasteiger partial charge is 0.188 e. The van der Waals surface area contributed by atoms with Crippen molar-refractivity contribution in [2.24, 2.45) is 10.7 Å². The van der Waals surface area contributed by atoms with Gasteiger partial charge in [-0.2, -0.15) is 0 Å². The highest BCUT2D eigenvalue weighted by molar-refractivity contribution is 5.77. The van der Waals surface area contributed by atoms with Crippen LogP contribution >= 0.6 is 0 Å². The molecule has 1 spiro atoms. The molecule has 126 valence electrons. The van der Waals surface area contributed by atoms with Gasteiger partial charge in [0, 0.05) is 19.4 Å². The molecule has 2 heterocycles. The zero-order chi connectivity index (χ0) is 16.0. The number of guanidine groups is 1. The van der Waals surface area contributed by atoms with Gasteiger partial charge in [-0.25, -0.2) is 0 Å². The number of hydrogen-bond donors (Lipinski definition) is 2. The molecule has 2 aliphatic rings. The van der Waals surface area contributed by atoms with Crippen LogP contribution in [-0.4, -0.2) is 50.8 Å². The molecule has 1 atom stereocenters. The molecule has 0 radical (unpaired) electrons. The van der Waals surface area contributed by atoms with Crippen LogP contribution in [-0.2, 0) is 20.6 Å². The van der Waals surface area contributed by atoms with E-state index in [1.165, 1.54) is 5.56 Å². The molecule has 0 aromatic heterocycles. The van der Waals surface area contributed by atoms with Crippen molar-refractivity contribution in [2.45, 2.75) is 31.2 Å². The lowest BCUT2D eigenvalue weighted by molar-refractivity contribution is -0.210. The van der Waals surface area contributed by atoms with Crippen molar-refractivity contribution in [3.63, 3.8) is 0 Å². The topological polar surface area (TPSA) is 78.1 Å². The van der Waals surface area contributed by atoms with Crippen LogP contribution in [0.4, 0.5) is 0 Å². The summed E-state index contributed by atoms with van der Waals surface area (Å²) in [4.78, 5) is 4.36. The fourth-order valence-corrected chi connectivity index (χ4v) is 2.89. The Morgan fingerprint density at radius 1 is 1.26 bits per heavy atom. The summed E-state index contributed by atoms with van der Waals surface area (Å²) in [5, 5.41) is 3.14. The SMILES string of the molecule is NC(=NCC1COC2(CCOCC2)O1)NCCc1ccccc1. The zero-order valence-electron chi connectivity index (χ0n) is 13.4. The molecule has 1 aromatic carbocycles. The van der Waals surface area contributed by atoms with Crippen molar-refractivity contribution in [3.05, 3.63) is 35.9 Å². The monoisotopic (exact) mass is 319 g/mol. The highest BCUT2D eigenvalue weighted by Crippen LogP contribution is 2.33. The van der Waals surface area contributed by atoms with Crippen molar-refractivity contribution in [1.82, 2.24) is 5.32 Å². The van der Waals surface area contributed by atoms with Gasteiger partial charge in [0.15, 0.2) is 11.7 Å². The minimum atomic E-state index is -0.450. The van der Waals surface area contributed by atoms with Crippen LogP contribution in [0.3, 0.4) is 0 Å². The normalized spacial score (nSPS) is 24.0. The van der Waals surface area contributed by atoms with Crippen molar-refractivity contribution in [3.8, 4) is 0 Å². The van der Waals surface area contributed by atoms with Crippen LogP contribution < -0.4 is 11.1 Å². The Bertz CT molecular complexity index is 515. The first-order valence-electron chi connectivity index (χ1n) is 8.23. The summed E-state index contributed by atoms with van der Waals surface area (Å²) in [5.74, 6) is 0.00552. The van der Waals surface area contributed by atoms with Gasteiger partial charge in [0.25, 0.3) is 0 Å². The molecular formula is C17H25N3O3. The second-order valence-electron chi connectivity index (χ2n) is 5.96. The highest BCUT2D eigenvalue weighted by Gasteiger charge is 2.42. The van der Waals surface area contributed by atoms with Gasteiger partial charge in [-0.1, -0.05) is 30.3 Å². The number of aliphatic imine (C=N–C) groups is 1. The van der Waals surface area contributed by atoms with Gasteiger partial charge in [0.2, 0.25) is 0 Å². The molecule has 2 saturated heterocycles. The molecule has 2 aliphatic heterocycles. The Morgan fingerprint density at radius 2 is 2.04 bits per heavy atom. The first-order chi connectivity index (χ1) is 11.3. The third-order valence-corrected chi connectivity index (χ3v) is 4.20. The lowest BCUT2D eigenvalue weighted by atomic mass is 10.1.